The summed E-state index contributed by atoms with van der Waals surface area (Å²) < 4.78 is 10.1. The highest BCUT2D eigenvalue weighted by molar-refractivity contribution is 5.89. The van der Waals surface area contributed by atoms with Crippen LogP contribution in [0.2, 0.25) is 0 Å². The molecule has 1 aliphatic heterocycles. The Hall–Kier alpha value is -2.21. The molecular formula is C17H21N3O3. The Bertz CT molecular complexity index is 643. The van der Waals surface area contributed by atoms with Crippen LogP contribution in [0.25, 0.3) is 11.4 Å². The van der Waals surface area contributed by atoms with Crippen molar-refractivity contribution in [3.63, 3.8) is 0 Å². The third-order valence-corrected chi connectivity index (χ3v) is 4.19. The topological polar surface area (TPSA) is 77.2 Å². The van der Waals surface area contributed by atoms with Crippen molar-refractivity contribution in [2.24, 2.45) is 5.92 Å². The van der Waals surface area contributed by atoms with Crippen molar-refractivity contribution < 1.29 is 14.1 Å². The predicted octanol–water partition coefficient (Wildman–Crippen LogP) is 2.46. The third-order valence-electron chi connectivity index (χ3n) is 4.19. The van der Waals surface area contributed by atoms with Crippen molar-refractivity contribution in [2.45, 2.75) is 25.7 Å². The molecule has 1 N–H and O–H groups in total. The minimum Gasteiger partial charge on any atom is -0.465 e. The van der Waals surface area contributed by atoms with Crippen LogP contribution in [0.15, 0.2) is 28.8 Å². The second-order valence-electron chi connectivity index (χ2n) is 5.83. The number of nitrogens with zero attached hydrogens (tertiary/aromatic N) is 2. The summed E-state index contributed by atoms with van der Waals surface area (Å²) in [5.41, 5.74) is 1.33. The molecule has 1 fully saturated rings. The number of benzene rings is 1. The molecule has 0 radical (unpaired) electrons. The van der Waals surface area contributed by atoms with Crippen LogP contribution in [0, 0.1) is 5.92 Å². The van der Waals surface area contributed by atoms with Crippen LogP contribution in [0.3, 0.4) is 0 Å². The summed E-state index contributed by atoms with van der Waals surface area (Å²) in [6.45, 7) is 2.15. The molecule has 1 aliphatic rings. The van der Waals surface area contributed by atoms with E-state index in [4.69, 9.17) is 4.52 Å². The Balaban J connectivity index is 1.67. The number of ether oxygens (including phenoxy) is 1. The van der Waals surface area contributed by atoms with Gasteiger partial charge in [-0.25, -0.2) is 4.79 Å². The van der Waals surface area contributed by atoms with E-state index in [0.717, 1.165) is 31.5 Å². The van der Waals surface area contributed by atoms with Crippen molar-refractivity contribution in [3.05, 3.63) is 35.7 Å². The maximum atomic E-state index is 11.4. The fourth-order valence-electron chi connectivity index (χ4n) is 2.87. The molecule has 122 valence electrons. The number of hydrogen-bond acceptors (Lipinski definition) is 6. The quantitative estimate of drug-likeness (QED) is 0.873. The summed E-state index contributed by atoms with van der Waals surface area (Å²) in [6, 6.07) is 7.01. The van der Waals surface area contributed by atoms with E-state index in [1.165, 1.54) is 20.0 Å². The van der Waals surface area contributed by atoms with E-state index in [9.17, 15) is 4.79 Å². The van der Waals surface area contributed by atoms with E-state index < -0.39 is 0 Å². The molecule has 1 aromatic carbocycles. The van der Waals surface area contributed by atoms with E-state index >= 15 is 0 Å². The van der Waals surface area contributed by atoms with Crippen molar-refractivity contribution in [2.75, 3.05) is 20.2 Å². The minimum atomic E-state index is -0.354. The molecule has 3 rings (SSSR count). The molecule has 1 aromatic heterocycles. The number of aromatic nitrogens is 2. The average molecular weight is 315 g/mol. The monoisotopic (exact) mass is 315 g/mol. The van der Waals surface area contributed by atoms with Crippen molar-refractivity contribution in [3.8, 4) is 11.4 Å². The Morgan fingerprint density at radius 1 is 1.30 bits per heavy atom. The van der Waals surface area contributed by atoms with Gasteiger partial charge in [-0.3, -0.25) is 0 Å². The summed E-state index contributed by atoms with van der Waals surface area (Å²) in [5, 5.41) is 7.46. The molecule has 1 atom stereocenters. The highest BCUT2D eigenvalue weighted by Gasteiger charge is 2.17. The molecule has 0 saturated carbocycles. The van der Waals surface area contributed by atoms with Gasteiger partial charge < -0.3 is 14.6 Å². The number of methoxy groups -OCH3 is 1. The molecule has 0 aliphatic carbocycles. The maximum absolute atomic E-state index is 11.4. The lowest BCUT2D eigenvalue weighted by molar-refractivity contribution is 0.0601. The second-order valence-corrected chi connectivity index (χ2v) is 5.83. The van der Waals surface area contributed by atoms with Gasteiger partial charge in [-0.05, 0) is 50.4 Å². The molecule has 0 bridgehead atoms. The van der Waals surface area contributed by atoms with E-state index in [-0.39, 0.29) is 5.97 Å². The van der Waals surface area contributed by atoms with E-state index in [2.05, 4.69) is 20.2 Å². The maximum Gasteiger partial charge on any atom is 0.337 e. The molecule has 0 spiro atoms. The van der Waals surface area contributed by atoms with Gasteiger partial charge in [0.1, 0.15) is 0 Å². The van der Waals surface area contributed by atoms with Crippen molar-refractivity contribution in [1.29, 1.82) is 0 Å². The molecule has 1 unspecified atom stereocenters. The van der Waals surface area contributed by atoms with Crippen LogP contribution in [0.4, 0.5) is 0 Å². The van der Waals surface area contributed by atoms with Crippen molar-refractivity contribution in [1.82, 2.24) is 15.5 Å². The molecule has 6 nitrogen and oxygen atoms in total. The van der Waals surface area contributed by atoms with Crippen LogP contribution in [-0.2, 0) is 11.2 Å². The van der Waals surface area contributed by atoms with Gasteiger partial charge in [-0.2, -0.15) is 4.98 Å². The summed E-state index contributed by atoms with van der Waals surface area (Å²) in [4.78, 5) is 15.9. The molecule has 2 heterocycles. The van der Waals surface area contributed by atoms with Gasteiger partial charge >= 0.3 is 5.97 Å². The van der Waals surface area contributed by atoms with Gasteiger partial charge in [0.2, 0.25) is 11.7 Å². The van der Waals surface area contributed by atoms with Crippen LogP contribution in [0.1, 0.15) is 35.5 Å². The highest BCUT2D eigenvalue weighted by atomic mass is 16.5. The first kappa shape index (κ1) is 15.7. The second kappa shape index (κ2) is 7.37. The summed E-state index contributed by atoms with van der Waals surface area (Å²) in [7, 11) is 1.37. The first-order chi connectivity index (χ1) is 11.3. The lowest BCUT2D eigenvalue weighted by Gasteiger charge is -2.09. The lowest BCUT2D eigenvalue weighted by Crippen LogP contribution is -2.14. The first-order valence-corrected chi connectivity index (χ1v) is 7.98. The molecule has 1 saturated heterocycles. The number of rotatable bonds is 4. The summed E-state index contributed by atoms with van der Waals surface area (Å²) in [5.74, 6) is 1.49. The fourth-order valence-corrected chi connectivity index (χ4v) is 2.87. The van der Waals surface area contributed by atoms with Crippen molar-refractivity contribution >= 4 is 5.97 Å². The largest absolute Gasteiger partial charge is 0.465 e. The number of hydrogen-bond donors (Lipinski definition) is 1. The smallest absolute Gasteiger partial charge is 0.337 e. The van der Waals surface area contributed by atoms with Gasteiger partial charge in [-0.15, -0.1) is 0 Å². The molecule has 6 heteroatoms. The van der Waals surface area contributed by atoms with Gasteiger partial charge in [0.15, 0.2) is 0 Å². The van der Waals surface area contributed by atoms with Crippen LogP contribution in [-0.4, -0.2) is 36.3 Å². The highest BCUT2D eigenvalue weighted by Crippen LogP contribution is 2.21. The molecular weight excluding hydrogens is 294 g/mol. The first-order valence-electron chi connectivity index (χ1n) is 7.98. The molecule has 0 amide bonds. The van der Waals surface area contributed by atoms with E-state index in [0.29, 0.717) is 23.2 Å². The number of nitrogens with one attached hydrogen (secondary N) is 1. The Labute approximate surface area is 135 Å². The summed E-state index contributed by atoms with van der Waals surface area (Å²) in [6.07, 6.45) is 4.36. The van der Waals surface area contributed by atoms with Crippen LogP contribution in [0.5, 0.6) is 0 Å². The van der Waals surface area contributed by atoms with E-state index in [1.807, 2.05) is 0 Å². The molecule has 23 heavy (non-hydrogen) atoms. The lowest BCUT2D eigenvalue weighted by atomic mass is 9.97. The minimum absolute atomic E-state index is 0.354. The Morgan fingerprint density at radius 3 is 2.91 bits per heavy atom. The third kappa shape index (κ3) is 3.96. The van der Waals surface area contributed by atoms with Gasteiger partial charge in [0, 0.05) is 12.0 Å². The normalized spacial score (nSPS) is 18.4. The van der Waals surface area contributed by atoms with Crippen LogP contribution < -0.4 is 5.32 Å². The average Bonchev–Trinajstić information content (AvgIpc) is 2.90. The van der Waals surface area contributed by atoms with Crippen LogP contribution >= 0.6 is 0 Å². The number of carbonyl (C=O) groups excluding carboxylic acids is 1. The Kier molecular flexibility index (Phi) is 5.02. The zero-order valence-corrected chi connectivity index (χ0v) is 13.2. The predicted molar refractivity (Wildman–Crippen MR) is 85.0 cm³/mol. The van der Waals surface area contributed by atoms with Gasteiger partial charge in [0.25, 0.3) is 0 Å². The zero-order valence-electron chi connectivity index (χ0n) is 13.2. The zero-order chi connectivity index (χ0) is 16.1. The summed E-state index contributed by atoms with van der Waals surface area (Å²) >= 11 is 0. The fraction of sp³-hybridized carbons (Fsp3) is 0.471. The standard InChI is InChI=1S/C17H21N3O3/c1-22-17(21)14-6-4-13(5-7-14)16-19-15(23-20-16)11-12-3-2-9-18-10-8-12/h4-7,12,18H,2-3,8-11H2,1H3. The number of esters is 1. The number of carbonyl (C=O) groups is 1. The molecule has 2 aromatic rings. The van der Waals surface area contributed by atoms with E-state index in [1.54, 1.807) is 24.3 Å². The van der Waals surface area contributed by atoms with Gasteiger partial charge in [-0.1, -0.05) is 17.3 Å². The van der Waals surface area contributed by atoms with Gasteiger partial charge in [0.05, 0.1) is 12.7 Å². The Morgan fingerprint density at radius 2 is 2.13 bits per heavy atom. The SMILES string of the molecule is COC(=O)c1ccc(-c2noc(CC3CCCNCC3)n2)cc1.